The summed E-state index contributed by atoms with van der Waals surface area (Å²) in [7, 11) is 0. The lowest BCUT2D eigenvalue weighted by atomic mass is 9.85. The fourth-order valence-corrected chi connectivity index (χ4v) is 2.87. The summed E-state index contributed by atoms with van der Waals surface area (Å²) in [6, 6.07) is 4.12. The van der Waals surface area contributed by atoms with Gasteiger partial charge in [0.05, 0.1) is 6.10 Å². The van der Waals surface area contributed by atoms with Crippen LogP contribution in [0.4, 0.5) is 0 Å². The Bertz CT molecular complexity index is 339. The third-order valence-electron chi connectivity index (χ3n) is 4.08. The molecule has 18 heavy (non-hydrogen) atoms. The second-order valence-electron chi connectivity index (χ2n) is 5.70. The number of hydrogen-bond donors (Lipinski definition) is 1. The fraction of sp³-hybridized carbons (Fsp3) is 0.688. The summed E-state index contributed by atoms with van der Waals surface area (Å²) in [6.07, 6.45) is 11.4. The van der Waals surface area contributed by atoms with Gasteiger partial charge in [0, 0.05) is 18.3 Å². The van der Waals surface area contributed by atoms with Crippen LogP contribution >= 0.6 is 0 Å². The molecule has 1 N–H and O–H groups in total. The SMILES string of the molecule is Cc1ccc(CC(O)C2CCCCCCC2)nc1. The Balaban J connectivity index is 1.89. The van der Waals surface area contributed by atoms with Crippen LogP contribution in [0, 0.1) is 12.8 Å². The molecule has 0 saturated heterocycles. The first-order valence-electron chi connectivity index (χ1n) is 7.35. The molecule has 2 rings (SSSR count). The van der Waals surface area contributed by atoms with Gasteiger partial charge in [-0.2, -0.15) is 0 Å². The van der Waals surface area contributed by atoms with Crippen molar-refractivity contribution in [1.29, 1.82) is 0 Å². The Morgan fingerprint density at radius 2 is 1.83 bits per heavy atom. The van der Waals surface area contributed by atoms with Crippen molar-refractivity contribution in [3.63, 3.8) is 0 Å². The first-order valence-corrected chi connectivity index (χ1v) is 7.35. The van der Waals surface area contributed by atoms with Crippen molar-refractivity contribution in [2.75, 3.05) is 0 Å². The molecule has 1 aromatic rings. The number of aliphatic hydroxyl groups is 1. The maximum Gasteiger partial charge on any atom is 0.0623 e. The number of hydrogen-bond acceptors (Lipinski definition) is 2. The van der Waals surface area contributed by atoms with Crippen LogP contribution in [0.25, 0.3) is 0 Å². The molecule has 2 nitrogen and oxygen atoms in total. The predicted molar refractivity (Wildman–Crippen MR) is 74.5 cm³/mol. The summed E-state index contributed by atoms with van der Waals surface area (Å²) in [5.74, 6) is 0.480. The molecule has 0 aromatic carbocycles. The molecule has 0 radical (unpaired) electrons. The number of aromatic nitrogens is 1. The van der Waals surface area contributed by atoms with Gasteiger partial charge in [-0.1, -0.05) is 38.2 Å². The number of nitrogens with zero attached hydrogens (tertiary/aromatic N) is 1. The molecule has 1 unspecified atom stereocenters. The monoisotopic (exact) mass is 247 g/mol. The molecular weight excluding hydrogens is 222 g/mol. The summed E-state index contributed by atoms with van der Waals surface area (Å²) >= 11 is 0. The highest BCUT2D eigenvalue weighted by molar-refractivity contribution is 5.12. The van der Waals surface area contributed by atoms with Crippen LogP contribution in [0.5, 0.6) is 0 Å². The maximum absolute atomic E-state index is 10.4. The van der Waals surface area contributed by atoms with Crippen molar-refractivity contribution in [3.8, 4) is 0 Å². The maximum atomic E-state index is 10.4. The lowest BCUT2D eigenvalue weighted by Crippen LogP contribution is -2.24. The highest BCUT2D eigenvalue weighted by atomic mass is 16.3. The molecule has 2 heteroatoms. The third kappa shape index (κ3) is 4.09. The lowest BCUT2D eigenvalue weighted by Gasteiger charge is -2.24. The smallest absolute Gasteiger partial charge is 0.0623 e. The van der Waals surface area contributed by atoms with E-state index in [1.807, 2.05) is 19.2 Å². The minimum absolute atomic E-state index is 0.210. The van der Waals surface area contributed by atoms with E-state index in [1.54, 1.807) is 0 Å². The van der Waals surface area contributed by atoms with E-state index in [2.05, 4.69) is 11.1 Å². The second kappa shape index (κ2) is 6.89. The lowest BCUT2D eigenvalue weighted by molar-refractivity contribution is 0.0905. The van der Waals surface area contributed by atoms with Crippen molar-refractivity contribution < 1.29 is 5.11 Å². The Kier molecular flexibility index (Phi) is 5.18. The average Bonchev–Trinajstić information content (AvgIpc) is 2.31. The van der Waals surface area contributed by atoms with E-state index < -0.39 is 0 Å². The molecule has 1 aliphatic rings. The molecule has 0 aliphatic heterocycles. The second-order valence-corrected chi connectivity index (χ2v) is 5.70. The zero-order valence-corrected chi connectivity index (χ0v) is 11.4. The number of aryl methyl sites for hydroxylation is 1. The van der Waals surface area contributed by atoms with E-state index in [4.69, 9.17) is 0 Å². The Hall–Kier alpha value is -0.890. The van der Waals surface area contributed by atoms with E-state index in [0.717, 1.165) is 5.69 Å². The van der Waals surface area contributed by atoms with Crippen LogP contribution in [-0.4, -0.2) is 16.2 Å². The first kappa shape index (κ1) is 13.5. The Morgan fingerprint density at radius 3 is 2.44 bits per heavy atom. The van der Waals surface area contributed by atoms with Gasteiger partial charge in [0.2, 0.25) is 0 Å². The molecule has 1 aromatic heterocycles. The van der Waals surface area contributed by atoms with Gasteiger partial charge in [0.1, 0.15) is 0 Å². The molecule has 1 heterocycles. The van der Waals surface area contributed by atoms with Crippen LogP contribution < -0.4 is 0 Å². The molecule has 1 fully saturated rings. The van der Waals surface area contributed by atoms with Crippen molar-refractivity contribution in [2.24, 2.45) is 5.92 Å². The van der Waals surface area contributed by atoms with Crippen LogP contribution in [0.2, 0.25) is 0 Å². The fourth-order valence-electron chi connectivity index (χ4n) is 2.87. The highest BCUT2D eigenvalue weighted by Gasteiger charge is 2.20. The van der Waals surface area contributed by atoms with Crippen LogP contribution in [0.3, 0.4) is 0 Å². The standard InChI is InChI=1S/C16H25NO/c1-13-9-10-15(17-12-13)11-16(18)14-7-5-3-2-4-6-8-14/h9-10,12,14,16,18H,2-8,11H2,1H3. The van der Waals surface area contributed by atoms with Gasteiger partial charge in [-0.15, -0.1) is 0 Å². The number of pyridine rings is 1. The average molecular weight is 247 g/mol. The van der Waals surface area contributed by atoms with Crippen LogP contribution in [0.1, 0.15) is 56.2 Å². The van der Waals surface area contributed by atoms with E-state index in [-0.39, 0.29) is 6.10 Å². The predicted octanol–water partition coefficient (Wildman–Crippen LogP) is 3.65. The topological polar surface area (TPSA) is 33.1 Å². The van der Waals surface area contributed by atoms with E-state index >= 15 is 0 Å². The van der Waals surface area contributed by atoms with Gasteiger partial charge in [0.15, 0.2) is 0 Å². The summed E-state index contributed by atoms with van der Waals surface area (Å²) in [5.41, 5.74) is 2.20. The highest BCUT2D eigenvalue weighted by Crippen LogP contribution is 2.26. The quantitative estimate of drug-likeness (QED) is 0.884. The zero-order valence-electron chi connectivity index (χ0n) is 11.4. The minimum atomic E-state index is -0.210. The molecule has 1 aliphatic carbocycles. The van der Waals surface area contributed by atoms with Gasteiger partial charge < -0.3 is 5.11 Å². The van der Waals surface area contributed by atoms with Crippen molar-refractivity contribution >= 4 is 0 Å². The van der Waals surface area contributed by atoms with Gasteiger partial charge in [-0.25, -0.2) is 0 Å². The molecule has 0 spiro atoms. The minimum Gasteiger partial charge on any atom is -0.392 e. The summed E-state index contributed by atoms with van der Waals surface area (Å²) in [4.78, 5) is 4.40. The molecule has 100 valence electrons. The van der Waals surface area contributed by atoms with Crippen molar-refractivity contribution in [3.05, 3.63) is 29.6 Å². The summed E-state index contributed by atoms with van der Waals surface area (Å²) in [6.45, 7) is 2.04. The van der Waals surface area contributed by atoms with Gasteiger partial charge >= 0.3 is 0 Å². The van der Waals surface area contributed by atoms with Gasteiger partial charge in [-0.05, 0) is 37.3 Å². The molecule has 1 atom stereocenters. The van der Waals surface area contributed by atoms with E-state index in [9.17, 15) is 5.11 Å². The third-order valence-corrected chi connectivity index (χ3v) is 4.08. The van der Waals surface area contributed by atoms with Gasteiger partial charge in [-0.3, -0.25) is 4.98 Å². The molecule has 1 saturated carbocycles. The van der Waals surface area contributed by atoms with E-state index in [0.29, 0.717) is 12.3 Å². The molecule has 0 amide bonds. The Morgan fingerprint density at radius 1 is 1.17 bits per heavy atom. The zero-order chi connectivity index (χ0) is 12.8. The molecular formula is C16H25NO. The molecule has 0 bridgehead atoms. The number of rotatable bonds is 3. The van der Waals surface area contributed by atoms with Crippen LogP contribution in [0.15, 0.2) is 18.3 Å². The van der Waals surface area contributed by atoms with Crippen LogP contribution in [-0.2, 0) is 6.42 Å². The first-order chi connectivity index (χ1) is 8.75. The van der Waals surface area contributed by atoms with Crippen molar-refractivity contribution in [2.45, 2.75) is 64.4 Å². The summed E-state index contributed by atoms with van der Waals surface area (Å²) < 4.78 is 0. The Labute approximate surface area is 110 Å². The van der Waals surface area contributed by atoms with Gasteiger partial charge in [0.25, 0.3) is 0 Å². The van der Waals surface area contributed by atoms with Crippen molar-refractivity contribution in [1.82, 2.24) is 4.98 Å². The number of aliphatic hydroxyl groups excluding tert-OH is 1. The van der Waals surface area contributed by atoms with E-state index in [1.165, 1.54) is 50.5 Å². The largest absolute Gasteiger partial charge is 0.392 e. The normalized spacial score (nSPS) is 20.1. The summed E-state index contributed by atoms with van der Waals surface area (Å²) in [5, 5.41) is 10.4.